The highest BCUT2D eigenvalue weighted by molar-refractivity contribution is 6.30. The first-order valence-electron chi connectivity index (χ1n) is 9.50. The van der Waals surface area contributed by atoms with Crippen molar-refractivity contribution < 1.29 is 0 Å². The molecule has 0 saturated heterocycles. The second-order valence-electron chi connectivity index (χ2n) is 7.01. The average Bonchev–Trinajstić information content (AvgIpc) is 3.16. The van der Waals surface area contributed by atoms with Gasteiger partial charge in [-0.15, -0.1) is 12.4 Å². The van der Waals surface area contributed by atoms with E-state index in [2.05, 4.69) is 45.7 Å². The van der Waals surface area contributed by atoms with Gasteiger partial charge < -0.3 is 15.5 Å². The van der Waals surface area contributed by atoms with Crippen LogP contribution in [0.15, 0.2) is 42.7 Å². The smallest absolute Gasteiger partial charge is 0.224 e. The third-order valence-corrected chi connectivity index (χ3v) is 4.64. The van der Waals surface area contributed by atoms with Crippen LogP contribution in [0.1, 0.15) is 5.56 Å². The van der Waals surface area contributed by atoms with E-state index in [9.17, 15) is 0 Å². The van der Waals surface area contributed by atoms with E-state index in [1.165, 1.54) is 0 Å². The van der Waals surface area contributed by atoms with Crippen LogP contribution >= 0.6 is 24.0 Å². The Hall–Kier alpha value is -3.01. The van der Waals surface area contributed by atoms with Crippen LogP contribution in [0.4, 0.5) is 11.9 Å². The van der Waals surface area contributed by atoms with Gasteiger partial charge >= 0.3 is 0 Å². The van der Waals surface area contributed by atoms with Crippen LogP contribution in [0, 0.1) is 0 Å². The highest BCUT2D eigenvalue weighted by Gasteiger charge is 2.12. The van der Waals surface area contributed by atoms with E-state index in [0.717, 1.165) is 29.7 Å². The van der Waals surface area contributed by atoms with Crippen LogP contribution in [0.2, 0.25) is 5.02 Å². The number of aromatic amines is 1. The molecule has 31 heavy (non-hydrogen) atoms. The molecule has 9 nitrogen and oxygen atoms in total. The Labute approximate surface area is 191 Å². The summed E-state index contributed by atoms with van der Waals surface area (Å²) in [5, 5.41) is 15.2. The van der Waals surface area contributed by atoms with Crippen molar-refractivity contribution >= 4 is 46.9 Å². The van der Waals surface area contributed by atoms with Gasteiger partial charge in [0.1, 0.15) is 0 Å². The lowest BCUT2D eigenvalue weighted by Gasteiger charge is -2.09. The minimum Gasteiger partial charge on any atom is -0.353 e. The third kappa shape index (κ3) is 5.78. The molecule has 0 atom stereocenters. The molecule has 3 aromatic heterocycles. The number of nitrogens with one attached hydrogen (secondary N) is 3. The zero-order valence-corrected chi connectivity index (χ0v) is 18.7. The first-order valence-corrected chi connectivity index (χ1v) is 9.88. The molecule has 0 unspecified atom stereocenters. The Kier molecular flexibility index (Phi) is 7.56. The number of benzene rings is 1. The highest BCUT2D eigenvalue weighted by atomic mass is 35.5. The molecular weight excluding hydrogens is 437 g/mol. The average molecular weight is 460 g/mol. The van der Waals surface area contributed by atoms with Crippen LogP contribution in [0.5, 0.6) is 0 Å². The highest BCUT2D eigenvalue weighted by Crippen LogP contribution is 2.24. The summed E-state index contributed by atoms with van der Waals surface area (Å²) in [7, 11) is 4.04. The van der Waals surface area contributed by atoms with Gasteiger partial charge in [0.2, 0.25) is 11.9 Å². The van der Waals surface area contributed by atoms with E-state index in [1.807, 2.05) is 44.4 Å². The topological polar surface area (TPSA) is 108 Å². The van der Waals surface area contributed by atoms with Crippen LogP contribution in [-0.4, -0.2) is 62.2 Å². The maximum absolute atomic E-state index is 6.04. The fourth-order valence-electron chi connectivity index (χ4n) is 2.89. The lowest BCUT2D eigenvalue weighted by molar-refractivity contribution is 0.425. The maximum Gasteiger partial charge on any atom is 0.224 e. The van der Waals surface area contributed by atoms with Crippen molar-refractivity contribution in [1.82, 2.24) is 35.0 Å². The van der Waals surface area contributed by atoms with Gasteiger partial charge in [-0.25, -0.2) is 15.0 Å². The molecule has 0 spiro atoms. The molecule has 0 amide bonds. The number of likely N-dealkylation sites (N-methyl/N-ethyl adjacent to an activating group) is 1. The molecule has 3 heterocycles. The molecule has 4 aromatic rings. The monoisotopic (exact) mass is 459 g/mol. The van der Waals surface area contributed by atoms with Gasteiger partial charge in [0.25, 0.3) is 0 Å². The molecule has 11 heteroatoms. The Morgan fingerprint density at radius 2 is 1.90 bits per heavy atom. The molecule has 1 aromatic carbocycles. The van der Waals surface area contributed by atoms with Gasteiger partial charge in [-0.05, 0) is 37.9 Å². The lowest BCUT2D eigenvalue weighted by Crippen LogP contribution is -2.21. The van der Waals surface area contributed by atoms with E-state index < -0.39 is 0 Å². The van der Waals surface area contributed by atoms with Gasteiger partial charge in [0.05, 0.1) is 16.8 Å². The molecule has 0 fully saturated rings. The molecule has 0 aliphatic rings. The van der Waals surface area contributed by atoms with E-state index in [0.29, 0.717) is 34.8 Å². The van der Waals surface area contributed by atoms with Crippen molar-refractivity contribution in [2.75, 3.05) is 37.8 Å². The summed E-state index contributed by atoms with van der Waals surface area (Å²) in [6.07, 6.45) is 3.45. The lowest BCUT2D eigenvalue weighted by atomic mass is 10.2. The predicted octanol–water partition coefficient (Wildman–Crippen LogP) is 3.47. The van der Waals surface area contributed by atoms with Crippen LogP contribution in [0.25, 0.3) is 22.4 Å². The number of hydrogen-bond donors (Lipinski definition) is 3. The van der Waals surface area contributed by atoms with E-state index >= 15 is 0 Å². The number of rotatable bonds is 8. The predicted molar refractivity (Wildman–Crippen MR) is 126 cm³/mol. The summed E-state index contributed by atoms with van der Waals surface area (Å²) in [6.45, 7) is 2.21. The number of anilines is 2. The fourth-order valence-corrected chi connectivity index (χ4v) is 3.10. The van der Waals surface area contributed by atoms with Crippen LogP contribution in [-0.2, 0) is 6.54 Å². The first-order chi connectivity index (χ1) is 14.6. The number of hydrogen-bond acceptors (Lipinski definition) is 8. The largest absolute Gasteiger partial charge is 0.353 e. The van der Waals surface area contributed by atoms with Crippen molar-refractivity contribution in [3.05, 3.63) is 53.3 Å². The normalized spacial score (nSPS) is 10.8. The molecule has 0 saturated carbocycles. The molecule has 0 aliphatic carbocycles. The Morgan fingerprint density at radius 3 is 2.71 bits per heavy atom. The maximum atomic E-state index is 6.04. The van der Waals surface area contributed by atoms with E-state index in [4.69, 9.17) is 11.6 Å². The van der Waals surface area contributed by atoms with Crippen molar-refractivity contribution in [3.8, 4) is 11.4 Å². The molecule has 3 N–H and O–H groups in total. The second kappa shape index (κ2) is 10.3. The molecule has 0 bridgehead atoms. The molecule has 0 aliphatic heterocycles. The van der Waals surface area contributed by atoms with Crippen molar-refractivity contribution in [3.63, 3.8) is 0 Å². The molecular formula is C20H23Cl2N9. The third-order valence-electron chi connectivity index (χ3n) is 4.41. The number of halogens is 2. The summed E-state index contributed by atoms with van der Waals surface area (Å²) < 4.78 is 0. The van der Waals surface area contributed by atoms with Gasteiger partial charge in [-0.1, -0.05) is 23.7 Å². The number of aromatic nitrogens is 6. The van der Waals surface area contributed by atoms with E-state index in [1.54, 1.807) is 12.4 Å². The Bertz CT molecular complexity index is 1150. The Balaban J connectivity index is 0.00000272. The van der Waals surface area contributed by atoms with Crippen LogP contribution < -0.4 is 10.6 Å². The summed E-state index contributed by atoms with van der Waals surface area (Å²) in [4.78, 5) is 19.8. The Morgan fingerprint density at radius 1 is 1.06 bits per heavy atom. The quantitative estimate of drug-likeness (QED) is 0.367. The SMILES string of the molecule is CN(C)CCNc1ncc2c(-c3ccnc(NCc4cccc(Cl)c4)n3)[nH]nc2n1.Cl. The second-order valence-corrected chi connectivity index (χ2v) is 7.44. The summed E-state index contributed by atoms with van der Waals surface area (Å²) >= 11 is 6.04. The van der Waals surface area contributed by atoms with Crippen molar-refractivity contribution in [2.45, 2.75) is 6.54 Å². The number of fused-ring (bicyclic) bond motifs is 1. The summed E-state index contributed by atoms with van der Waals surface area (Å²) in [5.41, 5.74) is 3.08. The summed E-state index contributed by atoms with van der Waals surface area (Å²) in [6, 6.07) is 9.48. The van der Waals surface area contributed by atoms with Gasteiger partial charge in [0.15, 0.2) is 5.65 Å². The zero-order chi connectivity index (χ0) is 20.9. The minimum absolute atomic E-state index is 0. The minimum atomic E-state index is 0. The van der Waals surface area contributed by atoms with Gasteiger partial charge in [0, 0.05) is 37.1 Å². The fraction of sp³-hybridized carbons (Fsp3) is 0.250. The van der Waals surface area contributed by atoms with E-state index in [-0.39, 0.29) is 12.4 Å². The standard InChI is InChI=1S/C20H22ClN9.ClH/c1-30(2)9-8-23-20-25-12-15-17(28-29-18(15)27-20)16-6-7-22-19(26-16)24-11-13-4-3-5-14(21)10-13;/h3-7,10,12H,8-9,11H2,1-2H3,(H,22,24,26)(H2,23,25,27,28,29);1H. The zero-order valence-electron chi connectivity index (χ0n) is 17.1. The molecule has 0 radical (unpaired) electrons. The van der Waals surface area contributed by atoms with Gasteiger partial charge in [-0.2, -0.15) is 10.1 Å². The van der Waals surface area contributed by atoms with Gasteiger partial charge in [-0.3, -0.25) is 5.10 Å². The summed E-state index contributed by atoms with van der Waals surface area (Å²) in [5.74, 6) is 1.06. The van der Waals surface area contributed by atoms with Crippen molar-refractivity contribution in [1.29, 1.82) is 0 Å². The molecule has 4 rings (SSSR count). The number of nitrogens with zero attached hydrogens (tertiary/aromatic N) is 6. The first kappa shape index (κ1) is 22.7. The molecule has 162 valence electrons. The van der Waals surface area contributed by atoms with Crippen molar-refractivity contribution in [2.24, 2.45) is 0 Å². The van der Waals surface area contributed by atoms with Crippen LogP contribution in [0.3, 0.4) is 0 Å². The number of H-pyrrole nitrogens is 1.